The Kier molecular flexibility index (Phi) is 12.1. The standard InChI is InChI=1S/C31H38ClN3O7S/c1-6-17-33-31(37)22(2)34(18-16-23-10-8-7-9-11-23)30(36)21-35(26-19-24(32)12-14-27(26)40-3)43(38,39)25-13-15-28(41-4)29(20-25)42-5/h7-15,19-20,22H,6,16-18,21H2,1-5H3,(H,33,37)/t22-/m1/s1. The van der Waals surface area contributed by atoms with Crippen LogP contribution < -0.4 is 23.8 Å². The highest BCUT2D eigenvalue weighted by Crippen LogP contribution is 2.37. The van der Waals surface area contributed by atoms with Crippen LogP contribution in [0.2, 0.25) is 5.02 Å². The summed E-state index contributed by atoms with van der Waals surface area (Å²) >= 11 is 6.30. The summed E-state index contributed by atoms with van der Waals surface area (Å²) in [7, 11) is -0.181. The van der Waals surface area contributed by atoms with Crippen LogP contribution in [0.25, 0.3) is 0 Å². The summed E-state index contributed by atoms with van der Waals surface area (Å²) in [6.45, 7) is 3.55. The van der Waals surface area contributed by atoms with E-state index in [1.165, 1.54) is 56.6 Å². The van der Waals surface area contributed by atoms with Gasteiger partial charge in [0.1, 0.15) is 18.3 Å². The number of halogens is 1. The van der Waals surface area contributed by atoms with Gasteiger partial charge in [0, 0.05) is 24.2 Å². The quantitative estimate of drug-likeness (QED) is 0.262. The summed E-state index contributed by atoms with van der Waals surface area (Å²) in [6, 6.07) is 17.3. The van der Waals surface area contributed by atoms with Crippen LogP contribution in [0.5, 0.6) is 17.2 Å². The SMILES string of the molecule is CCCNC(=O)[C@@H](C)N(CCc1ccccc1)C(=O)CN(c1cc(Cl)ccc1OC)S(=O)(=O)c1ccc(OC)c(OC)c1. The second-order valence-electron chi connectivity index (χ2n) is 9.63. The average molecular weight is 632 g/mol. The average Bonchev–Trinajstić information content (AvgIpc) is 3.02. The van der Waals surface area contributed by atoms with Gasteiger partial charge >= 0.3 is 0 Å². The first kappa shape index (κ1) is 33.5. The van der Waals surface area contributed by atoms with Crippen LogP contribution in [0.3, 0.4) is 0 Å². The Bertz CT molecular complexity index is 1500. The number of nitrogens with zero attached hydrogens (tertiary/aromatic N) is 2. The minimum atomic E-state index is -4.41. The first-order valence-corrected chi connectivity index (χ1v) is 15.6. The van der Waals surface area contributed by atoms with Crippen LogP contribution in [0, 0.1) is 0 Å². The van der Waals surface area contributed by atoms with Crippen LogP contribution >= 0.6 is 11.6 Å². The van der Waals surface area contributed by atoms with E-state index in [1.54, 1.807) is 13.0 Å². The van der Waals surface area contributed by atoms with Gasteiger partial charge in [-0.3, -0.25) is 13.9 Å². The molecule has 0 aliphatic carbocycles. The molecule has 10 nitrogen and oxygen atoms in total. The van der Waals surface area contributed by atoms with E-state index in [2.05, 4.69) is 5.32 Å². The van der Waals surface area contributed by atoms with Crippen LogP contribution in [0.4, 0.5) is 5.69 Å². The molecule has 0 bridgehead atoms. The summed E-state index contributed by atoms with van der Waals surface area (Å²) in [5.41, 5.74) is 1.03. The van der Waals surface area contributed by atoms with E-state index in [-0.39, 0.29) is 39.6 Å². The van der Waals surface area contributed by atoms with Gasteiger partial charge in [0.2, 0.25) is 11.8 Å². The molecule has 3 aromatic rings. The molecule has 0 aromatic heterocycles. The van der Waals surface area contributed by atoms with Gasteiger partial charge in [-0.25, -0.2) is 8.42 Å². The molecule has 3 rings (SSSR count). The lowest BCUT2D eigenvalue weighted by Gasteiger charge is -2.32. The first-order chi connectivity index (χ1) is 20.6. The fourth-order valence-electron chi connectivity index (χ4n) is 4.44. The zero-order valence-corrected chi connectivity index (χ0v) is 26.6. The van der Waals surface area contributed by atoms with Crippen LogP contribution in [-0.4, -0.2) is 72.1 Å². The Morgan fingerprint density at radius 2 is 1.56 bits per heavy atom. The largest absolute Gasteiger partial charge is 0.495 e. The first-order valence-electron chi connectivity index (χ1n) is 13.8. The fraction of sp³-hybridized carbons (Fsp3) is 0.355. The molecule has 0 spiro atoms. The number of sulfonamides is 1. The number of carbonyl (C=O) groups is 2. The van der Waals surface area contributed by atoms with Crippen molar-refractivity contribution in [2.45, 2.75) is 37.6 Å². The monoisotopic (exact) mass is 631 g/mol. The number of amides is 2. The van der Waals surface area contributed by atoms with Crippen molar-refractivity contribution in [2.75, 3.05) is 45.3 Å². The molecule has 2 amide bonds. The predicted molar refractivity (Wildman–Crippen MR) is 167 cm³/mol. The smallest absolute Gasteiger partial charge is 0.265 e. The molecule has 1 N–H and O–H groups in total. The van der Waals surface area contributed by atoms with Crippen molar-refractivity contribution in [3.8, 4) is 17.2 Å². The van der Waals surface area contributed by atoms with E-state index in [0.717, 1.165) is 16.3 Å². The van der Waals surface area contributed by atoms with Crippen molar-refractivity contribution in [1.82, 2.24) is 10.2 Å². The number of ether oxygens (including phenoxy) is 3. The minimum Gasteiger partial charge on any atom is -0.495 e. The minimum absolute atomic E-state index is 0.0595. The van der Waals surface area contributed by atoms with Crippen LogP contribution in [0.15, 0.2) is 71.6 Å². The number of methoxy groups -OCH3 is 3. The van der Waals surface area contributed by atoms with Gasteiger partial charge in [-0.2, -0.15) is 0 Å². The summed E-state index contributed by atoms with van der Waals surface area (Å²) in [6.07, 6.45) is 1.18. The molecule has 232 valence electrons. The molecule has 1 atom stereocenters. The Hall–Kier alpha value is -3.96. The van der Waals surface area contributed by atoms with Crippen molar-refractivity contribution in [3.63, 3.8) is 0 Å². The maximum absolute atomic E-state index is 14.2. The molecule has 43 heavy (non-hydrogen) atoms. The van der Waals surface area contributed by atoms with E-state index in [0.29, 0.717) is 18.7 Å². The Morgan fingerprint density at radius 3 is 2.19 bits per heavy atom. The molecule has 0 aliphatic heterocycles. The van der Waals surface area contributed by atoms with Gasteiger partial charge < -0.3 is 24.4 Å². The molecule has 0 unspecified atom stereocenters. The van der Waals surface area contributed by atoms with E-state index in [9.17, 15) is 18.0 Å². The number of benzene rings is 3. The van der Waals surface area contributed by atoms with E-state index in [1.807, 2.05) is 37.3 Å². The number of hydrogen-bond donors (Lipinski definition) is 1. The van der Waals surface area contributed by atoms with Crippen molar-refractivity contribution in [3.05, 3.63) is 77.3 Å². The lowest BCUT2D eigenvalue weighted by molar-refractivity contribution is -0.138. The number of nitrogens with one attached hydrogen (secondary N) is 1. The molecule has 0 saturated carbocycles. The zero-order valence-electron chi connectivity index (χ0n) is 25.0. The number of anilines is 1. The predicted octanol–water partition coefficient (Wildman–Crippen LogP) is 4.55. The zero-order chi connectivity index (χ0) is 31.6. The molecule has 0 heterocycles. The maximum atomic E-state index is 14.2. The lowest BCUT2D eigenvalue weighted by Crippen LogP contribution is -2.52. The van der Waals surface area contributed by atoms with Gasteiger partial charge in [0.05, 0.1) is 31.9 Å². The van der Waals surface area contributed by atoms with Gasteiger partial charge in [0.25, 0.3) is 10.0 Å². The number of rotatable bonds is 15. The van der Waals surface area contributed by atoms with Gasteiger partial charge in [-0.05, 0) is 55.7 Å². The molecule has 0 radical (unpaired) electrons. The lowest BCUT2D eigenvalue weighted by atomic mass is 10.1. The van der Waals surface area contributed by atoms with Crippen molar-refractivity contribution < 1.29 is 32.2 Å². The molecule has 3 aromatic carbocycles. The summed E-state index contributed by atoms with van der Waals surface area (Å²) < 4.78 is 45.5. The van der Waals surface area contributed by atoms with E-state index >= 15 is 0 Å². The van der Waals surface area contributed by atoms with Crippen molar-refractivity contribution in [1.29, 1.82) is 0 Å². The molecule has 12 heteroatoms. The van der Waals surface area contributed by atoms with Crippen LogP contribution in [-0.2, 0) is 26.0 Å². The van der Waals surface area contributed by atoms with Gasteiger partial charge in [-0.1, -0.05) is 48.9 Å². The van der Waals surface area contributed by atoms with Crippen molar-refractivity contribution >= 4 is 39.1 Å². The third kappa shape index (κ3) is 8.32. The third-order valence-corrected chi connectivity index (χ3v) is 8.82. The maximum Gasteiger partial charge on any atom is 0.265 e. The summed E-state index contributed by atoms with van der Waals surface area (Å²) in [4.78, 5) is 28.3. The second-order valence-corrected chi connectivity index (χ2v) is 11.9. The van der Waals surface area contributed by atoms with Crippen molar-refractivity contribution in [2.24, 2.45) is 0 Å². The van der Waals surface area contributed by atoms with Gasteiger partial charge in [-0.15, -0.1) is 0 Å². The summed E-state index contributed by atoms with van der Waals surface area (Å²) in [5.74, 6) is -0.202. The second kappa shape index (κ2) is 15.5. The number of hydrogen-bond acceptors (Lipinski definition) is 7. The highest BCUT2D eigenvalue weighted by Gasteiger charge is 2.34. The molecular formula is C31H38ClN3O7S. The molecule has 0 fully saturated rings. The highest BCUT2D eigenvalue weighted by molar-refractivity contribution is 7.92. The Morgan fingerprint density at radius 1 is 0.907 bits per heavy atom. The fourth-order valence-corrected chi connectivity index (χ4v) is 6.04. The highest BCUT2D eigenvalue weighted by atomic mass is 35.5. The number of carbonyl (C=O) groups excluding carboxylic acids is 2. The molecule has 0 saturated heterocycles. The van der Waals surface area contributed by atoms with E-state index in [4.69, 9.17) is 25.8 Å². The Balaban J connectivity index is 2.09. The summed E-state index contributed by atoms with van der Waals surface area (Å²) in [5, 5.41) is 3.07. The Labute approximate surface area is 258 Å². The van der Waals surface area contributed by atoms with Crippen LogP contribution in [0.1, 0.15) is 25.8 Å². The topological polar surface area (TPSA) is 114 Å². The third-order valence-electron chi connectivity index (χ3n) is 6.83. The molecule has 0 aliphatic rings. The van der Waals surface area contributed by atoms with Gasteiger partial charge in [0.15, 0.2) is 11.5 Å². The normalized spacial score (nSPS) is 11.8. The van der Waals surface area contributed by atoms with E-state index < -0.39 is 28.5 Å². The molecular weight excluding hydrogens is 594 g/mol.